The van der Waals surface area contributed by atoms with Gasteiger partial charge in [0.05, 0.1) is 24.3 Å². The van der Waals surface area contributed by atoms with Crippen molar-refractivity contribution in [3.63, 3.8) is 0 Å². The molecule has 4 nitrogen and oxygen atoms in total. The second kappa shape index (κ2) is 5.59. The molecule has 2 rings (SSSR count). The van der Waals surface area contributed by atoms with Crippen LogP contribution in [0.1, 0.15) is 11.1 Å². The first-order valence-electron chi connectivity index (χ1n) is 5.65. The molecule has 1 aromatic carbocycles. The van der Waals surface area contributed by atoms with Crippen molar-refractivity contribution in [3.05, 3.63) is 35.1 Å². The van der Waals surface area contributed by atoms with Gasteiger partial charge in [0.2, 0.25) is 0 Å². The average molecular weight is 245 g/mol. The summed E-state index contributed by atoms with van der Waals surface area (Å²) in [5, 5.41) is 17.6. The summed E-state index contributed by atoms with van der Waals surface area (Å²) in [6.45, 7) is 1.99. The summed E-state index contributed by atoms with van der Waals surface area (Å²) in [6, 6.07) is 8.34. The van der Waals surface area contributed by atoms with Gasteiger partial charge in [-0.3, -0.25) is 4.90 Å². The van der Waals surface area contributed by atoms with E-state index in [1.807, 2.05) is 17.0 Å². The summed E-state index contributed by atoms with van der Waals surface area (Å²) in [4.78, 5) is 1.96. The lowest BCUT2D eigenvalue weighted by atomic mass is 10.1. The molecule has 1 atom stereocenters. The van der Waals surface area contributed by atoms with Gasteiger partial charge in [-0.05, 0) is 18.2 Å². The van der Waals surface area contributed by atoms with Crippen LogP contribution in [0, 0.1) is 28.5 Å². The third kappa shape index (κ3) is 2.84. The lowest BCUT2D eigenvalue weighted by Gasteiger charge is -2.29. The fraction of sp³-hybridized carbons (Fsp3) is 0.385. The lowest BCUT2D eigenvalue weighted by molar-refractivity contribution is -0.00304. The zero-order valence-corrected chi connectivity index (χ0v) is 9.77. The molecule has 0 spiro atoms. The van der Waals surface area contributed by atoms with Crippen molar-refractivity contribution in [1.82, 2.24) is 4.90 Å². The molecule has 1 saturated heterocycles. The summed E-state index contributed by atoms with van der Waals surface area (Å²) < 4.78 is 18.8. The van der Waals surface area contributed by atoms with Gasteiger partial charge in [0.15, 0.2) is 6.10 Å². The highest BCUT2D eigenvalue weighted by Crippen LogP contribution is 2.15. The molecule has 0 bridgehead atoms. The van der Waals surface area contributed by atoms with E-state index in [1.165, 1.54) is 12.1 Å². The maximum atomic E-state index is 13.6. The molecule has 1 fully saturated rings. The topological polar surface area (TPSA) is 60.1 Å². The molecule has 1 heterocycles. The minimum atomic E-state index is -0.457. The molecule has 0 saturated carbocycles. The molecule has 1 aliphatic heterocycles. The van der Waals surface area contributed by atoms with E-state index in [1.54, 1.807) is 6.07 Å². The van der Waals surface area contributed by atoms with E-state index in [0.29, 0.717) is 37.4 Å². The van der Waals surface area contributed by atoms with Crippen molar-refractivity contribution in [2.24, 2.45) is 0 Å². The van der Waals surface area contributed by atoms with Gasteiger partial charge >= 0.3 is 0 Å². The van der Waals surface area contributed by atoms with Gasteiger partial charge in [0, 0.05) is 25.2 Å². The Bertz CT molecular complexity index is 518. The van der Waals surface area contributed by atoms with Gasteiger partial charge in [0.1, 0.15) is 5.82 Å². The Morgan fingerprint density at radius 1 is 1.44 bits per heavy atom. The van der Waals surface area contributed by atoms with Crippen LogP contribution in [0.5, 0.6) is 0 Å². The van der Waals surface area contributed by atoms with Crippen LogP contribution in [0.2, 0.25) is 0 Å². The second-order valence-electron chi connectivity index (χ2n) is 4.14. The van der Waals surface area contributed by atoms with E-state index in [4.69, 9.17) is 15.3 Å². The van der Waals surface area contributed by atoms with Gasteiger partial charge in [-0.2, -0.15) is 10.5 Å². The molecular weight excluding hydrogens is 233 g/mol. The van der Waals surface area contributed by atoms with Crippen LogP contribution < -0.4 is 0 Å². The summed E-state index contributed by atoms with van der Waals surface area (Å²) >= 11 is 0. The molecule has 0 amide bonds. The SMILES string of the molecule is N#Cc1ccc(F)c(CN2CCOC(C#N)C2)c1. The molecular formula is C13H12FN3O. The van der Waals surface area contributed by atoms with Crippen molar-refractivity contribution in [3.8, 4) is 12.1 Å². The van der Waals surface area contributed by atoms with E-state index in [0.717, 1.165) is 0 Å². The molecule has 0 aliphatic carbocycles. The highest BCUT2D eigenvalue weighted by Gasteiger charge is 2.20. The van der Waals surface area contributed by atoms with Crippen molar-refractivity contribution < 1.29 is 9.13 Å². The summed E-state index contributed by atoms with van der Waals surface area (Å²) in [5.74, 6) is -0.325. The van der Waals surface area contributed by atoms with Gasteiger partial charge < -0.3 is 4.74 Å². The fourth-order valence-corrected chi connectivity index (χ4v) is 1.93. The van der Waals surface area contributed by atoms with Crippen LogP contribution in [0.3, 0.4) is 0 Å². The number of hydrogen-bond donors (Lipinski definition) is 0. The maximum Gasteiger partial charge on any atom is 0.156 e. The highest BCUT2D eigenvalue weighted by molar-refractivity contribution is 5.33. The first kappa shape index (κ1) is 12.5. The second-order valence-corrected chi connectivity index (χ2v) is 4.14. The van der Waals surface area contributed by atoms with Crippen LogP contribution in [0.4, 0.5) is 4.39 Å². The fourth-order valence-electron chi connectivity index (χ4n) is 1.93. The molecule has 92 valence electrons. The Hall–Kier alpha value is -1.95. The molecule has 1 unspecified atom stereocenters. The quantitative estimate of drug-likeness (QED) is 0.790. The van der Waals surface area contributed by atoms with Gasteiger partial charge in [-0.15, -0.1) is 0 Å². The number of ether oxygens (including phenoxy) is 1. The monoisotopic (exact) mass is 245 g/mol. The van der Waals surface area contributed by atoms with Crippen LogP contribution in [0.25, 0.3) is 0 Å². The summed E-state index contributed by atoms with van der Waals surface area (Å²) in [5.41, 5.74) is 0.920. The predicted octanol–water partition coefficient (Wildman–Crippen LogP) is 1.42. The van der Waals surface area contributed by atoms with Crippen molar-refractivity contribution in [2.75, 3.05) is 19.7 Å². The molecule has 0 aromatic heterocycles. The van der Waals surface area contributed by atoms with E-state index in [9.17, 15) is 4.39 Å². The molecule has 0 radical (unpaired) electrons. The molecule has 1 aliphatic rings. The van der Waals surface area contributed by atoms with Gasteiger partial charge in [-0.25, -0.2) is 4.39 Å². The van der Waals surface area contributed by atoms with Crippen LogP contribution in [-0.4, -0.2) is 30.7 Å². The Balaban J connectivity index is 2.09. The number of morpholine rings is 1. The minimum Gasteiger partial charge on any atom is -0.361 e. The van der Waals surface area contributed by atoms with Gasteiger partial charge in [-0.1, -0.05) is 0 Å². The zero-order chi connectivity index (χ0) is 13.0. The minimum absolute atomic E-state index is 0.325. The highest BCUT2D eigenvalue weighted by atomic mass is 19.1. The molecule has 18 heavy (non-hydrogen) atoms. The van der Waals surface area contributed by atoms with Crippen molar-refractivity contribution in [1.29, 1.82) is 10.5 Å². The van der Waals surface area contributed by atoms with Crippen molar-refractivity contribution in [2.45, 2.75) is 12.6 Å². The van der Waals surface area contributed by atoms with E-state index in [-0.39, 0.29) is 5.82 Å². The van der Waals surface area contributed by atoms with Crippen LogP contribution in [0.15, 0.2) is 18.2 Å². The third-order valence-corrected chi connectivity index (χ3v) is 2.86. The lowest BCUT2D eigenvalue weighted by Crippen LogP contribution is -2.41. The zero-order valence-electron chi connectivity index (χ0n) is 9.77. The van der Waals surface area contributed by atoms with E-state index < -0.39 is 6.10 Å². The third-order valence-electron chi connectivity index (χ3n) is 2.86. The number of hydrogen-bond acceptors (Lipinski definition) is 4. The molecule has 1 aromatic rings. The normalized spacial score (nSPS) is 20.1. The largest absolute Gasteiger partial charge is 0.361 e. The Kier molecular flexibility index (Phi) is 3.88. The number of rotatable bonds is 2. The van der Waals surface area contributed by atoms with E-state index in [2.05, 4.69) is 0 Å². The predicted molar refractivity (Wildman–Crippen MR) is 61.7 cm³/mol. The Labute approximate surface area is 105 Å². The summed E-state index contributed by atoms with van der Waals surface area (Å²) in [7, 11) is 0. The van der Waals surface area contributed by atoms with Gasteiger partial charge in [0.25, 0.3) is 0 Å². The standard InChI is InChI=1S/C13H12FN3O/c14-13-2-1-10(6-15)5-11(13)8-17-3-4-18-12(7-16)9-17/h1-2,5,12H,3-4,8-9H2. The molecule has 0 N–H and O–H groups in total. The number of halogens is 1. The summed E-state index contributed by atoms with van der Waals surface area (Å²) in [6.07, 6.45) is -0.457. The van der Waals surface area contributed by atoms with Crippen LogP contribution >= 0.6 is 0 Å². The number of benzene rings is 1. The maximum absolute atomic E-state index is 13.6. The smallest absolute Gasteiger partial charge is 0.156 e. The number of nitriles is 2. The first-order chi connectivity index (χ1) is 8.72. The van der Waals surface area contributed by atoms with Crippen LogP contribution in [-0.2, 0) is 11.3 Å². The first-order valence-corrected chi connectivity index (χ1v) is 5.65. The average Bonchev–Trinajstić information content (AvgIpc) is 2.41. The van der Waals surface area contributed by atoms with E-state index >= 15 is 0 Å². The number of nitrogens with zero attached hydrogens (tertiary/aromatic N) is 3. The Morgan fingerprint density at radius 2 is 2.28 bits per heavy atom. The van der Waals surface area contributed by atoms with Crippen molar-refractivity contribution >= 4 is 0 Å². The Morgan fingerprint density at radius 3 is 3.00 bits per heavy atom. The molecule has 5 heteroatoms.